The van der Waals surface area contributed by atoms with Gasteiger partial charge in [0, 0.05) is 37.0 Å². The topological polar surface area (TPSA) is 49.0 Å². The second-order valence-electron chi connectivity index (χ2n) is 4.93. The number of benzene rings is 1. The van der Waals surface area contributed by atoms with Crippen LogP contribution < -0.4 is 15.4 Å². The van der Waals surface area contributed by atoms with E-state index in [1.807, 2.05) is 26.8 Å². The summed E-state index contributed by atoms with van der Waals surface area (Å²) in [7, 11) is 1.73. The van der Waals surface area contributed by atoms with Crippen LogP contribution in [0.2, 0.25) is 0 Å². The maximum atomic E-state index is 14.5. The summed E-state index contributed by atoms with van der Waals surface area (Å²) < 4.78 is 31.4. The van der Waals surface area contributed by atoms with Gasteiger partial charge >= 0.3 is 0 Å². The Morgan fingerprint density at radius 2 is 2.00 bits per heavy atom. The average Bonchev–Trinajstić information content (AvgIpc) is 2.69. The lowest BCUT2D eigenvalue weighted by Crippen LogP contribution is -2.08. The van der Waals surface area contributed by atoms with Crippen LogP contribution in [0.25, 0.3) is 5.70 Å². The number of hydrogen-bond acceptors (Lipinski definition) is 5. The molecule has 0 bridgehead atoms. The van der Waals surface area contributed by atoms with Gasteiger partial charge in [-0.2, -0.15) is 0 Å². The van der Waals surface area contributed by atoms with Crippen LogP contribution in [0.4, 0.5) is 20.2 Å². The van der Waals surface area contributed by atoms with Crippen molar-refractivity contribution in [2.75, 3.05) is 22.8 Å². The van der Waals surface area contributed by atoms with Crippen LogP contribution in [-0.4, -0.2) is 17.8 Å². The van der Waals surface area contributed by atoms with Gasteiger partial charge in [-0.3, -0.25) is 4.98 Å². The summed E-state index contributed by atoms with van der Waals surface area (Å²) in [6, 6.07) is 6.26. The van der Waals surface area contributed by atoms with Gasteiger partial charge in [0.05, 0.1) is 11.4 Å². The zero-order chi connectivity index (χ0) is 19.4. The first-order valence-electron chi connectivity index (χ1n) is 8.58. The molecule has 1 aromatic heterocycles. The molecular weight excluding hydrogens is 354 g/mol. The van der Waals surface area contributed by atoms with Crippen LogP contribution >= 0.6 is 11.9 Å². The third-order valence-electron chi connectivity index (χ3n) is 3.18. The predicted molar refractivity (Wildman–Crippen MR) is 109 cm³/mol. The highest BCUT2D eigenvalue weighted by atomic mass is 32.2. The van der Waals surface area contributed by atoms with Crippen molar-refractivity contribution in [1.29, 1.82) is 0 Å². The average molecular weight is 381 g/mol. The van der Waals surface area contributed by atoms with E-state index in [9.17, 15) is 8.78 Å². The molecule has 0 aliphatic rings. The maximum Gasteiger partial charge on any atom is 0.173 e. The van der Waals surface area contributed by atoms with Crippen LogP contribution in [0.5, 0.6) is 0 Å². The number of nitrogens with one attached hydrogen (secondary N) is 3. The van der Waals surface area contributed by atoms with Crippen molar-refractivity contribution in [2.45, 2.75) is 27.2 Å². The van der Waals surface area contributed by atoms with Gasteiger partial charge in [0.1, 0.15) is 11.5 Å². The molecular formula is C19H26F2N4S. The molecule has 142 valence electrons. The van der Waals surface area contributed by atoms with Gasteiger partial charge < -0.3 is 15.4 Å². The molecule has 0 radical (unpaired) electrons. The Labute approximate surface area is 158 Å². The Kier molecular flexibility index (Phi) is 10.2. The van der Waals surface area contributed by atoms with Gasteiger partial charge in [0.2, 0.25) is 0 Å². The van der Waals surface area contributed by atoms with Crippen LogP contribution in [0.1, 0.15) is 32.8 Å². The highest BCUT2D eigenvalue weighted by Gasteiger charge is 2.13. The monoisotopic (exact) mass is 380 g/mol. The fourth-order valence-electron chi connectivity index (χ4n) is 1.96. The Morgan fingerprint density at radius 3 is 2.62 bits per heavy atom. The molecule has 0 amide bonds. The molecule has 0 atom stereocenters. The van der Waals surface area contributed by atoms with Gasteiger partial charge in [-0.25, -0.2) is 8.78 Å². The normalized spacial score (nSPS) is 10.6. The molecule has 0 aliphatic heterocycles. The number of halogens is 2. The molecule has 4 nitrogen and oxygen atoms in total. The minimum atomic E-state index is -0.656. The van der Waals surface area contributed by atoms with Crippen molar-refractivity contribution < 1.29 is 8.78 Å². The zero-order valence-corrected chi connectivity index (χ0v) is 16.4. The minimum absolute atomic E-state index is 0.200. The summed E-state index contributed by atoms with van der Waals surface area (Å²) in [5, 5.41) is 5.69. The Bertz CT molecular complexity index is 693. The van der Waals surface area contributed by atoms with Crippen molar-refractivity contribution in [3.05, 3.63) is 60.1 Å². The van der Waals surface area contributed by atoms with Crippen molar-refractivity contribution in [3.63, 3.8) is 0 Å². The van der Waals surface area contributed by atoms with Gasteiger partial charge in [-0.05, 0) is 30.7 Å². The van der Waals surface area contributed by atoms with Crippen LogP contribution in [0, 0.1) is 11.6 Å². The fraction of sp³-hybridized carbons (Fsp3) is 0.316. The predicted octanol–water partition coefficient (Wildman–Crippen LogP) is 5.49. The fourth-order valence-corrected chi connectivity index (χ4v) is 2.58. The van der Waals surface area contributed by atoms with E-state index in [-0.39, 0.29) is 11.4 Å². The summed E-state index contributed by atoms with van der Waals surface area (Å²) >= 11 is 1.38. The molecule has 0 unspecified atom stereocenters. The number of hydrogen-bond donors (Lipinski definition) is 3. The third kappa shape index (κ3) is 6.22. The molecule has 1 aromatic carbocycles. The first-order chi connectivity index (χ1) is 12.7. The minimum Gasteiger partial charge on any atom is -0.386 e. The van der Waals surface area contributed by atoms with E-state index in [0.717, 1.165) is 17.7 Å². The van der Waals surface area contributed by atoms with Gasteiger partial charge in [-0.15, -0.1) is 0 Å². The maximum absolute atomic E-state index is 14.5. The lowest BCUT2D eigenvalue weighted by atomic mass is 10.2. The summed E-state index contributed by atoms with van der Waals surface area (Å²) in [5.41, 5.74) is 1.52. The van der Waals surface area contributed by atoms with Crippen molar-refractivity contribution in [1.82, 2.24) is 10.3 Å². The second kappa shape index (κ2) is 12.1. The number of aromatic nitrogens is 1. The van der Waals surface area contributed by atoms with E-state index >= 15 is 0 Å². The molecule has 0 saturated heterocycles. The molecule has 7 heteroatoms. The highest BCUT2D eigenvalue weighted by Crippen LogP contribution is 2.28. The molecule has 0 saturated carbocycles. The van der Waals surface area contributed by atoms with E-state index in [1.54, 1.807) is 25.5 Å². The molecule has 0 spiro atoms. The largest absolute Gasteiger partial charge is 0.386 e. The van der Waals surface area contributed by atoms with Crippen LogP contribution in [-0.2, 0) is 0 Å². The quantitative estimate of drug-likeness (QED) is 0.418. The SMILES string of the molecule is CC.CCCSNc1ccc(F)c(N/C=C(\NC)c2cccnc2)c1F. The first-order valence-corrected chi connectivity index (χ1v) is 9.56. The molecule has 0 fully saturated rings. The van der Waals surface area contributed by atoms with E-state index in [0.29, 0.717) is 5.70 Å². The van der Waals surface area contributed by atoms with Gasteiger partial charge in [-0.1, -0.05) is 32.7 Å². The smallest absolute Gasteiger partial charge is 0.173 e. The lowest BCUT2D eigenvalue weighted by Gasteiger charge is -2.12. The molecule has 1 heterocycles. The molecule has 26 heavy (non-hydrogen) atoms. The summed E-state index contributed by atoms with van der Waals surface area (Å²) in [6.07, 6.45) is 5.80. The van der Waals surface area contributed by atoms with E-state index in [1.165, 1.54) is 30.3 Å². The van der Waals surface area contributed by atoms with E-state index < -0.39 is 11.6 Å². The number of pyridine rings is 1. The molecule has 0 aliphatic carbocycles. The van der Waals surface area contributed by atoms with Gasteiger partial charge in [0.25, 0.3) is 0 Å². The second-order valence-corrected chi connectivity index (χ2v) is 5.83. The first kappa shape index (κ1) is 21.8. The Balaban J connectivity index is 0.00000163. The van der Waals surface area contributed by atoms with E-state index in [2.05, 4.69) is 20.3 Å². The summed E-state index contributed by atoms with van der Waals surface area (Å²) in [5.74, 6) is -0.474. The lowest BCUT2D eigenvalue weighted by molar-refractivity contribution is 0.593. The zero-order valence-electron chi connectivity index (χ0n) is 15.6. The number of anilines is 2. The van der Waals surface area contributed by atoms with Gasteiger partial charge in [0.15, 0.2) is 5.82 Å². The summed E-state index contributed by atoms with van der Waals surface area (Å²) in [4.78, 5) is 4.03. The third-order valence-corrected chi connectivity index (χ3v) is 4.16. The Morgan fingerprint density at radius 1 is 1.23 bits per heavy atom. The number of nitrogens with zero attached hydrogens (tertiary/aromatic N) is 1. The molecule has 3 N–H and O–H groups in total. The Hall–Kier alpha value is -2.28. The van der Waals surface area contributed by atoms with Crippen molar-refractivity contribution in [2.24, 2.45) is 0 Å². The molecule has 2 aromatic rings. The summed E-state index contributed by atoms with van der Waals surface area (Å²) in [6.45, 7) is 6.03. The molecule has 2 rings (SSSR count). The number of rotatable bonds is 8. The van der Waals surface area contributed by atoms with E-state index in [4.69, 9.17) is 0 Å². The highest BCUT2D eigenvalue weighted by molar-refractivity contribution is 8.00. The standard InChI is InChI=1S/C17H20F2N4S.C2H6/c1-3-9-24-23-14-7-6-13(18)17(16(14)19)22-11-15(20-2)12-5-4-8-21-10-12;1-2/h4-8,10-11,20,22-23H,3,9H2,1-2H3;1-2H3/b15-11-;. The van der Waals surface area contributed by atoms with Crippen LogP contribution in [0.3, 0.4) is 0 Å². The van der Waals surface area contributed by atoms with Crippen molar-refractivity contribution in [3.8, 4) is 0 Å². The van der Waals surface area contributed by atoms with Crippen LogP contribution in [0.15, 0.2) is 42.9 Å². The van der Waals surface area contributed by atoms with Crippen molar-refractivity contribution >= 4 is 29.0 Å².